The average Bonchev–Trinajstić information content (AvgIpc) is 3.08. The molecular weight excluding hydrogens is 352 g/mol. The van der Waals surface area contributed by atoms with Crippen molar-refractivity contribution in [3.05, 3.63) is 11.6 Å². The zero-order chi connectivity index (χ0) is 18.3. The van der Waals surface area contributed by atoms with Crippen molar-refractivity contribution in [2.24, 2.45) is 34.5 Å². The molecule has 1 spiro atoms. The highest BCUT2D eigenvalue weighted by molar-refractivity contribution is 5.85. The van der Waals surface area contributed by atoms with Gasteiger partial charge in [-0.2, -0.15) is 0 Å². The van der Waals surface area contributed by atoms with Crippen LogP contribution < -0.4 is 0 Å². The zero-order valence-corrected chi connectivity index (χ0v) is 19.0. The van der Waals surface area contributed by atoms with E-state index in [4.69, 9.17) is 0 Å². The van der Waals surface area contributed by atoms with Crippen LogP contribution in [0.4, 0.5) is 0 Å². The fraction of sp³-hybridized carbons (Fsp3) is 0.917. The van der Waals surface area contributed by atoms with Crippen molar-refractivity contribution < 1.29 is 0 Å². The number of likely N-dealkylation sites (tertiary alicyclic amines) is 1. The van der Waals surface area contributed by atoms with E-state index in [0.717, 1.165) is 35.8 Å². The molecule has 4 fully saturated rings. The lowest BCUT2D eigenvalue weighted by Crippen LogP contribution is -2.52. The summed E-state index contributed by atoms with van der Waals surface area (Å²) in [6, 6.07) is 1.60. The Morgan fingerprint density at radius 1 is 1.04 bits per heavy atom. The van der Waals surface area contributed by atoms with E-state index in [1.54, 1.807) is 0 Å². The molecule has 3 saturated carbocycles. The van der Waals surface area contributed by atoms with Crippen LogP contribution in [0.1, 0.15) is 65.2 Å². The molecule has 4 aliphatic carbocycles. The molecule has 0 aromatic rings. The zero-order valence-electron chi connectivity index (χ0n) is 18.2. The maximum atomic E-state index is 2.74. The van der Waals surface area contributed by atoms with Crippen LogP contribution in [0.15, 0.2) is 11.6 Å². The number of fused-ring (bicyclic) bond motifs is 4. The molecule has 0 aromatic heterocycles. The lowest BCUT2D eigenvalue weighted by atomic mass is 9.47. The summed E-state index contributed by atoms with van der Waals surface area (Å²) in [7, 11) is 6.95. The van der Waals surface area contributed by atoms with Gasteiger partial charge in [0, 0.05) is 18.6 Å². The SMILES string of the molecule is C[C@H]1[C@H]2CC[C@H]3[C@@H]4CC=C5C[C@@H](N(C)C)CC[C@]5(C)[C@H]4CC[C@]23CN1C.Cl. The van der Waals surface area contributed by atoms with Gasteiger partial charge in [0.15, 0.2) is 0 Å². The number of hydrogen-bond donors (Lipinski definition) is 0. The van der Waals surface area contributed by atoms with E-state index in [1.807, 2.05) is 5.57 Å². The largest absolute Gasteiger partial charge is 0.306 e. The van der Waals surface area contributed by atoms with Crippen molar-refractivity contribution in [1.82, 2.24) is 9.80 Å². The van der Waals surface area contributed by atoms with Crippen molar-refractivity contribution in [3.8, 4) is 0 Å². The van der Waals surface area contributed by atoms with E-state index in [-0.39, 0.29) is 12.4 Å². The Hall–Kier alpha value is -0.0500. The fourth-order valence-corrected chi connectivity index (χ4v) is 8.88. The molecule has 5 aliphatic rings. The third-order valence-corrected chi connectivity index (χ3v) is 10.4. The third kappa shape index (κ3) is 2.65. The molecule has 0 amide bonds. The predicted molar refractivity (Wildman–Crippen MR) is 116 cm³/mol. The molecule has 0 radical (unpaired) electrons. The van der Waals surface area contributed by atoms with Crippen LogP contribution in [0.3, 0.4) is 0 Å². The van der Waals surface area contributed by atoms with Crippen LogP contribution in [-0.2, 0) is 0 Å². The first kappa shape index (κ1) is 20.2. The number of halogens is 1. The molecule has 1 saturated heterocycles. The topological polar surface area (TPSA) is 6.48 Å². The Labute approximate surface area is 173 Å². The first-order chi connectivity index (χ1) is 12.4. The van der Waals surface area contributed by atoms with Gasteiger partial charge in [-0.25, -0.2) is 0 Å². The normalized spacial score (nSPS) is 51.7. The van der Waals surface area contributed by atoms with Gasteiger partial charge in [0.25, 0.3) is 0 Å². The van der Waals surface area contributed by atoms with Gasteiger partial charge in [0.2, 0.25) is 0 Å². The van der Waals surface area contributed by atoms with E-state index in [9.17, 15) is 0 Å². The molecule has 0 unspecified atom stereocenters. The van der Waals surface area contributed by atoms with E-state index < -0.39 is 0 Å². The predicted octanol–water partition coefficient (Wildman–Crippen LogP) is 5.23. The number of nitrogens with zero attached hydrogens (tertiary/aromatic N) is 2. The van der Waals surface area contributed by atoms with E-state index >= 15 is 0 Å². The summed E-state index contributed by atoms with van der Waals surface area (Å²) < 4.78 is 0. The number of hydrogen-bond acceptors (Lipinski definition) is 2. The molecule has 1 heterocycles. The summed E-state index contributed by atoms with van der Waals surface area (Å²) in [6.45, 7) is 6.56. The molecule has 154 valence electrons. The minimum atomic E-state index is 0. The highest BCUT2D eigenvalue weighted by Crippen LogP contribution is 2.68. The van der Waals surface area contributed by atoms with Crippen LogP contribution in [0.25, 0.3) is 0 Å². The summed E-state index contributed by atoms with van der Waals surface area (Å²) in [4.78, 5) is 5.17. The van der Waals surface area contributed by atoms with Crippen molar-refractivity contribution in [2.75, 3.05) is 27.7 Å². The molecular formula is C24H41ClN2. The second-order valence-corrected chi connectivity index (χ2v) is 11.2. The Morgan fingerprint density at radius 2 is 1.78 bits per heavy atom. The first-order valence-electron chi connectivity index (χ1n) is 11.4. The van der Waals surface area contributed by atoms with Gasteiger partial charge in [-0.1, -0.05) is 18.6 Å². The summed E-state index contributed by atoms with van der Waals surface area (Å²) in [5.74, 6) is 3.96. The third-order valence-electron chi connectivity index (χ3n) is 10.4. The second-order valence-electron chi connectivity index (χ2n) is 11.2. The van der Waals surface area contributed by atoms with Crippen molar-refractivity contribution in [3.63, 3.8) is 0 Å². The standard InChI is InChI=1S/C24H40N2.ClH/c1-16-20-8-9-22-19-7-6-17-14-18(25(3)4)10-12-23(17,2)21(19)11-13-24(20,22)15-26(16)5;/h6,16,18-22H,7-15H2,1-5H3;1H/t16-,18-,19+,20+,21-,22-,23-,24-;/m0./s1. The molecule has 0 aromatic carbocycles. The lowest BCUT2D eigenvalue weighted by molar-refractivity contribution is -0.0430. The van der Waals surface area contributed by atoms with Gasteiger partial charge in [-0.05, 0) is 114 Å². The van der Waals surface area contributed by atoms with Gasteiger partial charge in [-0.3, -0.25) is 0 Å². The minimum absolute atomic E-state index is 0. The maximum Gasteiger partial charge on any atom is 0.0127 e. The number of allylic oxidation sites excluding steroid dienone is 1. The smallest absolute Gasteiger partial charge is 0.0127 e. The molecule has 2 nitrogen and oxygen atoms in total. The Morgan fingerprint density at radius 3 is 2.52 bits per heavy atom. The molecule has 3 heteroatoms. The highest BCUT2D eigenvalue weighted by atomic mass is 35.5. The van der Waals surface area contributed by atoms with Gasteiger partial charge in [-0.15, -0.1) is 12.4 Å². The molecule has 27 heavy (non-hydrogen) atoms. The second kappa shape index (κ2) is 6.74. The van der Waals surface area contributed by atoms with E-state index in [0.29, 0.717) is 10.8 Å². The average molecular weight is 393 g/mol. The van der Waals surface area contributed by atoms with Crippen LogP contribution in [0.2, 0.25) is 0 Å². The summed E-state index contributed by atoms with van der Waals surface area (Å²) in [5.41, 5.74) is 3.04. The maximum absolute atomic E-state index is 2.74. The van der Waals surface area contributed by atoms with Crippen LogP contribution >= 0.6 is 12.4 Å². The fourth-order valence-electron chi connectivity index (χ4n) is 8.88. The van der Waals surface area contributed by atoms with Crippen LogP contribution in [0.5, 0.6) is 0 Å². The van der Waals surface area contributed by atoms with Crippen LogP contribution in [0, 0.1) is 34.5 Å². The number of rotatable bonds is 1. The summed E-state index contributed by atoms with van der Waals surface area (Å²) in [6.07, 6.45) is 14.4. The summed E-state index contributed by atoms with van der Waals surface area (Å²) in [5, 5.41) is 0. The lowest BCUT2D eigenvalue weighted by Gasteiger charge is -2.58. The molecule has 8 atom stereocenters. The minimum Gasteiger partial charge on any atom is -0.306 e. The monoisotopic (exact) mass is 392 g/mol. The van der Waals surface area contributed by atoms with Crippen molar-refractivity contribution in [2.45, 2.75) is 77.3 Å². The van der Waals surface area contributed by atoms with Gasteiger partial charge < -0.3 is 9.80 Å². The molecule has 5 rings (SSSR count). The van der Waals surface area contributed by atoms with E-state index in [2.05, 4.69) is 50.9 Å². The Balaban J connectivity index is 0.00000180. The van der Waals surface area contributed by atoms with E-state index in [1.165, 1.54) is 57.9 Å². The Kier molecular flexibility index (Phi) is 5.05. The van der Waals surface area contributed by atoms with Crippen molar-refractivity contribution >= 4 is 12.4 Å². The quantitative estimate of drug-likeness (QED) is 0.563. The van der Waals surface area contributed by atoms with Gasteiger partial charge in [0.1, 0.15) is 0 Å². The van der Waals surface area contributed by atoms with Gasteiger partial charge >= 0.3 is 0 Å². The first-order valence-corrected chi connectivity index (χ1v) is 11.4. The molecule has 0 bridgehead atoms. The highest BCUT2D eigenvalue weighted by Gasteiger charge is 2.63. The molecule has 0 N–H and O–H groups in total. The van der Waals surface area contributed by atoms with Gasteiger partial charge in [0.05, 0.1) is 0 Å². The summed E-state index contributed by atoms with van der Waals surface area (Å²) >= 11 is 0. The molecule has 1 aliphatic heterocycles. The van der Waals surface area contributed by atoms with Crippen molar-refractivity contribution in [1.29, 1.82) is 0 Å². The van der Waals surface area contributed by atoms with Crippen LogP contribution in [-0.4, -0.2) is 49.6 Å². The Bertz CT molecular complexity index is 616.